The molecule has 4 aliphatic rings. The van der Waals surface area contributed by atoms with Crippen molar-refractivity contribution in [1.29, 1.82) is 0 Å². The Morgan fingerprint density at radius 1 is 1.00 bits per heavy atom. The van der Waals surface area contributed by atoms with Gasteiger partial charge in [0.2, 0.25) is 27.7 Å². The van der Waals surface area contributed by atoms with Crippen molar-refractivity contribution in [2.24, 2.45) is 34.7 Å². The molecule has 7 rings (SSSR count). The van der Waals surface area contributed by atoms with Gasteiger partial charge in [-0.25, -0.2) is 13.6 Å². The number of nitrogens with two attached hydrogens (primary N) is 1. The van der Waals surface area contributed by atoms with Crippen molar-refractivity contribution < 1.29 is 22.8 Å². The highest BCUT2D eigenvalue weighted by Gasteiger charge is 2.70. The van der Waals surface area contributed by atoms with Gasteiger partial charge < -0.3 is 10.3 Å². The summed E-state index contributed by atoms with van der Waals surface area (Å²) in [4.78, 5) is 58.8. The number of amides is 3. The Morgan fingerprint density at radius 2 is 1.62 bits per heavy atom. The first-order chi connectivity index (χ1) is 21.1. The number of carbonyl (C=O) groups is 3. The number of aromatic nitrogens is 1. The van der Waals surface area contributed by atoms with Crippen LogP contribution in [0.5, 0.6) is 0 Å². The predicted octanol–water partition coefficient (Wildman–Crippen LogP) is 3.88. The normalized spacial score (nSPS) is 29.4. The molecule has 3 aromatic rings. The summed E-state index contributed by atoms with van der Waals surface area (Å²) in [5.74, 6) is -2.31. The van der Waals surface area contributed by atoms with Crippen LogP contribution in [0.2, 0.25) is 0 Å². The topological polar surface area (TPSA) is 159 Å². The molecule has 3 fully saturated rings. The molecule has 0 radical (unpaired) electrons. The Bertz CT molecular complexity index is 1890. The molecule has 45 heavy (non-hydrogen) atoms. The highest BCUT2D eigenvalue weighted by molar-refractivity contribution is 8.00. The number of aromatic amines is 1. The minimum atomic E-state index is -3.89. The van der Waals surface area contributed by atoms with E-state index in [1.165, 1.54) is 48.1 Å². The number of carbonyl (C=O) groups excluding carboxylic acids is 3. The van der Waals surface area contributed by atoms with E-state index in [2.05, 4.69) is 55.3 Å². The van der Waals surface area contributed by atoms with Crippen LogP contribution in [0.4, 0.5) is 5.69 Å². The van der Waals surface area contributed by atoms with E-state index in [4.69, 9.17) is 5.14 Å². The first-order valence-corrected chi connectivity index (χ1v) is 18.2. The van der Waals surface area contributed by atoms with Gasteiger partial charge >= 0.3 is 4.87 Å². The Morgan fingerprint density at radius 3 is 2.22 bits per heavy atom. The second-order valence-corrected chi connectivity index (χ2v) is 17.4. The number of nitrogens with zero attached hydrogens (tertiary/aromatic N) is 1. The minimum absolute atomic E-state index is 0.00910. The van der Waals surface area contributed by atoms with E-state index in [-0.39, 0.29) is 55.9 Å². The smallest absolute Gasteiger partial charge is 0.305 e. The van der Waals surface area contributed by atoms with Crippen molar-refractivity contribution in [3.05, 3.63) is 74.2 Å². The first kappa shape index (κ1) is 30.4. The lowest BCUT2D eigenvalue weighted by atomic mass is 9.68. The minimum Gasteiger partial charge on any atom is -0.324 e. The lowest BCUT2D eigenvalue weighted by Crippen LogP contribution is -2.46. The Balaban J connectivity index is 1.17. The fourth-order valence-corrected chi connectivity index (χ4v) is 11.5. The highest BCUT2D eigenvalue weighted by Crippen LogP contribution is 2.68. The number of nitrogens with one attached hydrogen (secondary N) is 2. The summed E-state index contributed by atoms with van der Waals surface area (Å²) < 4.78 is 23.1. The maximum Gasteiger partial charge on any atom is 0.305 e. The fourth-order valence-electron chi connectivity index (χ4n) is 8.08. The molecule has 2 saturated carbocycles. The number of anilines is 1. The summed E-state index contributed by atoms with van der Waals surface area (Å²) in [6, 6.07) is 12.9. The van der Waals surface area contributed by atoms with Crippen LogP contribution >= 0.6 is 23.1 Å². The quantitative estimate of drug-likeness (QED) is 0.349. The molecule has 8 atom stereocenters. The van der Waals surface area contributed by atoms with Crippen LogP contribution in [-0.4, -0.2) is 47.3 Å². The largest absolute Gasteiger partial charge is 0.324 e. The summed E-state index contributed by atoms with van der Waals surface area (Å²) in [5.41, 5.74) is 2.63. The van der Waals surface area contributed by atoms with Crippen LogP contribution in [0.3, 0.4) is 0 Å². The third-order valence-corrected chi connectivity index (χ3v) is 13.6. The van der Waals surface area contributed by atoms with Crippen molar-refractivity contribution in [2.45, 2.75) is 66.7 Å². The van der Waals surface area contributed by atoms with Crippen LogP contribution in [-0.2, 0) is 29.8 Å². The molecule has 1 aromatic heterocycles. The van der Waals surface area contributed by atoms with E-state index in [1.54, 1.807) is 11.8 Å². The van der Waals surface area contributed by atoms with Crippen LogP contribution < -0.4 is 15.3 Å². The molecule has 1 saturated heterocycles. The monoisotopic (exact) mass is 666 g/mol. The highest BCUT2D eigenvalue weighted by atomic mass is 32.2. The molecule has 8 unspecified atom stereocenters. The van der Waals surface area contributed by atoms with Crippen molar-refractivity contribution >= 4 is 56.5 Å². The number of H-pyrrole nitrogens is 1. The molecule has 2 aliphatic heterocycles. The second kappa shape index (κ2) is 10.4. The summed E-state index contributed by atoms with van der Waals surface area (Å²) in [6.45, 7) is 8.04. The van der Waals surface area contributed by atoms with Gasteiger partial charge in [-0.05, 0) is 71.9 Å². The summed E-state index contributed by atoms with van der Waals surface area (Å²) in [7, 11) is -3.89. The third-order valence-electron chi connectivity index (χ3n) is 10.1. The lowest BCUT2D eigenvalue weighted by Gasteiger charge is -2.43. The van der Waals surface area contributed by atoms with Gasteiger partial charge in [-0.2, -0.15) is 0 Å². The summed E-state index contributed by atoms with van der Waals surface area (Å²) >= 11 is 2.86. The summed E-state index contributed by atoms with van der Waals surface area (Å²) in [6.07, 6.45) is 0.760. The van der Waals surface area contributed by atoms with Crippen LogP contribution in [0.15, 0.2) is 63.2 Å². The number of likely N-dealkylation sites (tertiary alicyclic amines) is 1. The van der Waals surface area contributed by atoms with Crippen LogP contribution in [0, 0.1) is 29.6 Å². The number of benzene rings is 2. The maximum absolute atomic E-state index is 14.0. The Kier molecular flexibility index (Phi) is 7.01. The average molecular weight is 667 g/mol. The van der Waals surface area contributed by atoms with Gasteiger partial charge in [0.25, 0.3) is 0 Å². The Hall–Kier alpha value is -3.26. The molecule has 3 heterocycles. The maximum atomic E-state index is 14.0. The van der Waals surface area contributed by atoms with E-state index < -0.39 is 33.8 Å². The number of thiazole rings is 1. The molecule has 2 bridgehead atoms. The number of thioether (sulfide) groups is 1. The molecule has 13 heteroatoms. The van der Waals surface area contributed by atoms with Gasteiger partial charge in [0.15, 0.2) is 0 Å². The van der Waals surface area contributed by atoms with Gasteiger partial charge in [0.05, 0.1) is 21.8 Å². The molecule has 236 valence electrons. The predicted molar refractivity (Wildman–Crippen MR) is 171 cm³/mol. The van der Waals surface area contributed by atoms with Crippen LogP contribution in [0.1, 0.15) is 56.0 Å². The van der Waals surface area contributed by atoms with Gasteiger partial charge in [0, 0.05) is 21.7 Å². The van der Waals surface area contributed by atoms with E-state index in [0.29, 0.717) is 5.69 Å². The van der Waals surface area contributed by atoms with E-state index in [1.807, 2.05) is 0 Å². The number of hydrogen-bond acceptors (Lipinski definition) is 8. The zero-order chi connectivity index (χ0) is 32.2. The molecule has 2 aliphatic carbocycles. The zero-order valence-electron chi connectivity index (χ0n) is 25.1. The van der Waals surface area contributed by atoms with Crippen LogP contribution in [0.25, 0.3) is 0 Å². The van der Waals surface area contributed by atoms with E-state index in [9.17, 15) is 27.6 Å². The van der Waals surface area contributed by atoms with Gasteiger partial charge in [-0.1, -0.05) is 56.4 Å². The molecule has 2 aromatic carbocycles. The van der Waals surface area contributed by atoms with Crippen molar-refractivity contribution in [1.82, 2.24) is 9.88 Å². The van der Waals surface area contributed by atoms with Crippen molar-refractivity contribution in [3.8, 4) is 0 Å². The van der Waals surface area contributed by atoms with Gasteiger partial charge in [0.1, 0.15) is 6.04 Å². The SMILES string of the molecule is CC(C(=O)Nc1ccc(S(N)(=O)=O)cc1)N1C(=O)C2C3CC(C2C1=O)C1C(c2ccc(C(C)(C)C)cc2)c2sc(=O)[nH]c2SC31. The molecule has 3 amide bonds. The number of primary sulfonamides is 1. The number of sulfonamides is 1. The third kappa shape index (κ3) is 4.81. The lowest BCUT2D eigenvalue weighted by molar-refractivity contribution is -0.146. The number of hydrogen-bond donors (Lipinski definition) is 3. The standard InChI is InChI=1S/C32H34N4O6S3/c1-14(27(37)34-17-9-11-18(12-10-17)45(33,41)42)36-29(38)23-19-13-20(24(23)30(36)39)25-22(19)21(26-28(43-25)35-31(40)44-26)15-5-7-16(8-6-15)32(2,3)4/h5-12,14,19-25H,13H2,1-4H3,(H,34,37)(H,35,40)(H2,33,41,42). The number of imide groups is 1. The number of rotatable bonds is 5. The molecular weight excluding hydrogens is 633 g/mol. The van der Waals surface area contributed by atoms with E-state index >= 15 is 0 Å². The van der Waals surface area contributed by atoms with Crippen molar-refractivity contribution in [2.75, 3.05) is 5.32 Å². The zero-order valence-corrected chi connectivity index (χ0v) is 27.6. The molecule has 0 spiro atoms. The van der Waals surface area contributed by atoms with Gasteiger partial charge in [-0.3, -0.25) is 24.1 Å². The fraction of sp³-hybridized carbons (Fsp3) is 0.438. The molecule has 4 N–H and O–H groups in total. The molecular formula is C32H34N4O6S3. The van der Waals surface area contributed by atoms with Crippen molar-refractivity contribution in [3.63, 3.8) is 0 Å². The first-order valence-electron chi connectivity index (χ1n) is 15.0. The average Bonchev–Trinajstić information content (AvgIpc) is 3.70. The van der Waals surface area contributed by atoms with E-state index in [0.717, 1.165) is 26.8 Å². The molecule has 10 nitrogen and oxygen atoms in total. The number of fused-ring (bicyclic) bond motifs is 9. The second-order valence-electron chi connectivity index (χ2n) is 13.6. The Labute approximate surface area is 269 Å². The van der Waals surface area contributed by atoms with Gasteiger partial charge in [-0.15, -0.1) is 11.8 Å². The summed E-state index contributed by atoms with van der Waals surface area (Å²) in [5, 5.41) is 8.76.